The van der Waals surface area contributed by atoms with Crippen LogP contribution in [0.1, 0.15) is 54.1 Å². The number of nitrogens with zero attached hydrogens (tertiary/aromatic N) is 2. The van der Waals surface area contributed by atoms with Gasteiger partial charge in [-0.3, -0.25) is 9.36 Å². The molecular formula is C29H35N3O6Si. The Kier molecular flexibility index (Phi) is 8.48. The maximum Gasteiger partial charge on any atom is 0.351 e. The number of carbonyl (C=O) groups is 2. The van der Waals surface area contributed by atoms with Crippen molar-refractivity contribution in [2.75, 3.05) is 11.9 Å². The Morgan fingerprint density at radius 1 is 1.03 bits per heavy atom. The molecule has 0 unspecified atom stereocenters. The van der Waals surface area contributed by atoms with Crippen molar-refractivity contribution in [1.29, 1.82) is 0 Å². The van der Waals surface area contributed by atoms with Gasteiger partial charge >= 0.3 is 11.7 Å². The highest BCUT2D eigenvalue weighted by Gasteiger charge is 2.43. The van der Waals surface area contributed by atoms with Crippen molar-refractivity contribution in [3.63, 3.8) is 0 Å². The Bertz CT molecular complexity index is 1350. The first-order chi connectivity index (χ1) is 18.4. The third-order valence-corrected chi connectivity index (χ3v) is 11.8. The van der Waals surface area contributed by atoms with Gasteiger partial charge in [0.2, 0.25) is 0 Å². The Balaban J connectivity index is 1.51. The van der Waals surface area contributed by atoms with Crippen molar-refractivity contribution in [2.45, 2.75) is 63.8 Å². The molecule has 3 aromatic rings. The summed E-state index contributed by atoms with van der Waals surface area (Å²) in [5, 5.41) is 2.63. The standard InChI is InChI=1S/C29H35N3O6Si/c1-29(2,3)39(4,5)36-19-23-22(38-27(34)21-14-10-7-11-15-21)18-25(37-23)32-17-16-24(31-28(32)35)30-26(33)20-12-8-6-9-13-20/h6-17,22-23,25H,18-19H2,1-5H3,(H,30,31,33,35)/t22-,23+,25+/m0/s1. The van der Waals surface area contributed by atoms with Gasteiger partial charge in [0.25, 0.3) is 5.91 Å². The number of benzene rings is 2. The molecule has 2 heterocycles. The highest BCUT2D eigenvalue weighted by atomic mass is 28.4. The summed E-state index contributed by atoms with van der Waals surface area (Å²) in [6.45, 7) is 10.9. The number of amides is 1. The van der Waals surface area contributed by atoms with Crippen molar-refractivity contribution in [2.24, 2.45) is 0 Å². The lowest BCUT2D eigenvalue weighted by molar-refractivity contribution is -0.0497. The van der Waals surface area contributed by atoms with Gasteiger partial charge in [0.15, 0.2) is 8.32 Å². The molecule has 3 atom stereocenters. The molecule has 39 heavy (non-hydrogen) atoms. The van der Waals surface area contributed by atoms with E-state index in [0.717, 1.165) is 0 Å². The van der Waals surface area contributed by atoms with Crippen LogP contribution in [-0.4, -0.2) is 48.6 Å². The van der Waals surface area contributed by atoms with E-state index in [0.29, 0.717) is 11.1 Å². The molecule has 1 aliphatic rings. The van der Waals surface area contributed by atoms with Crippen molar-refractivity contribution in [3.05, 3.63) is 94.5 Å². The zero-order chi connectivity index (χ0) is 28.2. The molecule has 0 spiro atoms. The molecule has 0 aliphatic carbocycles. The van der Waals surface area contributed by atoms with Gasteiger partial charge in [-0.05, 0) is 48.5 Å². The molecule has 10 heteroatoms. The van der Waals surface area contributed by atoms with Gasteiger partial charge in [-0.2, -0.15) is 4.98 Å². The van der Waals surface area contributed by atoms with E-state index in [1.54, 1.807) is 48.5 Å². The quantitative estimate of drug-likeness (QED) is 0.310. The van der Waals surface area contributed by atoms with Crippen LogP contribution < -0.4 is 11.0 Å². The van der Waals surface area contributed by atoms with E-state index in [1.807, 2.05) is 12.1 Å². The van der Waals surface area contributed by atoms with E-state index in [-0.39, 0.29) is 29.8 Å². The van der Waals surface area contributed by atoms with Crippen LogP contribution >= 0.6 is 0 Å². The highest BCUT2D eigenvalue weighted by Crippen LogP contribution is 2.38. The Hall–Kier alpha value is -3.60. The summed E-state index contributed by atoms with van der Waals surface area (Å²) in [6, 6.07) is 18.9. The van der Waals surface area contributed by atoms with E-state index in [4.69, 9.17) is 13.9 Å². The average molecular weight is 550 g/mol. The second kappa shape index (κ2) is 11.6. The molecule has 0 radical (unpaired) electrons. The van der Waals surface area contributed by atoms with Crippen LogP contribution in [0.25, 0.3) is 0 Å². The number of rotatable bonds is 8. The molecule has 1 aliphatic heterocycles. The minimum absolute atomic E-state index is 0.0118. The van der Waals surface area contributed by atoms with E-state index >= 15 is 0 Å². The van der Waals surface area contributed by atoms with E-state index in [2.05, 4.69) is 44.2 Å². The highest BCUT2D eigenvalue weighted by molar-refractivity contribution is 6.74. The molecule has 1 fully saturated rings. The molecule has 1 N–H and O–H groups in total. The summed E-state index contributed by atoms with van der Waals surface area (Å²) in [6.07, 6.45) is -0.140. The molecule has 2 aromatic carbocycles. The summed E-state index contributed by atoms with van der Waals surface area (Å²) in [4.78, 5) is 42.3. The topological polar surface area (TPSA) is 109 Å². The number of hydrogen-bond donors (Lipinski definition) is 1. The smallest absolute Gasteiger partial charge is 0.351 e. The molecular weight excluding hydrogens is 514 g/mol. The van der Waals surface area contributed by atoms with Gasteiger partial charge in [0.1, 0.15) is 24.3 Å². The number of carbonyl (C=O) groups excluding carboxylic acids is 2. The molecule has 0 saturated carbocycles. The predicted molar refractivity (Wildman–Crippen MR) is 150 cm³/mol. The number of anilines is 1. The summed E-state index contributed by atoms with van der Waals surface area (Å²) in [5.74, 6) is -0.701. The summed E-state index contributed by atoms with van der Waals surface area (Å²) in [5.41, 5.74) is 0.294. The van der Waals surface area contributed by atoms with Gasteiger partial charge in [-0.15, -0.1) is 0 Å². The van der Waals surface area contributed by atoms with Crippen LogP contribution in [0.3, 0.4) is 0 Å². The minimum Gasteiger partial charge on any atom is -0.456 e. The lowest BCUT2D eigenvalue weighted by Crippen LogP contribution is -2.44. The first kappa shape index (κ1) is 28.4. The molecule has 4 rings (SSSR count). The Labute approximate surface area is 229 Å². The van der Waals surface area contributed by atoms with E-state index in [1.165, 1.54) is 16.8 Å². The van der Waals surface area contributed by atoms with Crippen LogP contribution in [0.4, 0.5) is 5.82 Å². The largest absolute Gasteiger partial charge is 0.456 e. The number of ether oxygens (including phenoxy) is 2. The van der Waals surface area contributed by atoms with Crippen LogP contribution in [0.5, 0.6) is 0 Å². The summed E-state index contributed by atoms with van der Waals surface area (Å²) >= 11 is 0. The lowest BCUT2D eigenvalue weighted by Gasteiger charge is -2.37. The summed E-state index contributed by atoms with van der Waals surface area (Å²) < 4.78 is 19.8. The van der Waals surface area contributed by atoms with Gasteiger partial charge in [0, 0.05) is 18.2 Å². The van der Waals surface area contributed by atoms with Crippen molar-refractivity contribution >= 4 is 26.0 Å². The Morgan fingerprint density at radius 2 is 1.64 bits per heavy atom. The molecule has 1 saturated heterocycles. The van der Waals surface area contributed by atoms with Crippen molar-refractivity contribution < 1.29 is 23.5 Å². The predicted octanol–water partition coefficient (Wildman–Crippen LogP) is 5.03. The summed E-state index contributed by atoms with van der Waals surface area (Å²) in [7, 11) is -2.11. The van der Waals surface area contributed by atoms with E-state index < -0.39 is 38.4 Å². The maximum atomic E-state index is 12.9. The number of esters is 1. The molecule has 206 valence electrons. The lowest BCUT2D eigenvalue weighted by atomic mass is 10.1. The minimum atomic E-state index is -2.11. The first-order valence-corrected chi connectivity index (χ1v) is 15.9. The molecule has 9 nitrogen and oxygen atoms in total. The van der Waals surface area contributed by atoms with Gasteiger partial charge in [-0.25, -0.2) is 9.59 Å². The molecule has 0 bridgehead atoms. The fourth-order valence-corrected chi connectivity index (χ4v) is 4.93. The number of nitrogens with one attached hydrogen (secondary N) is 1. The third-order valence-electron chi connectivity index (χ3n) is 7.28. The van der Waals surface area contributed by atoms with Gasteiger partial charge in [-0.1, -0.05) is 57.2 Å². The average Bonchev–Trinajstić information content (AvgIpc) is 3.30. The van der Waals surface area contributed by atoms with Crippen LogP contribution in [0, 0.1) is 0 Å². The van der Waals surface area contributed by atoms with Crippen LogP contribution in [0.2, 0.25) is 18.1 Å². The number of hydrogen-bond acceptors (Lipinski definition) is 7. The fraction of sp³-hybridized carbons (Fsp3) is 0.379. The maximum absolute atomic E-state index is 12.9. The molecule has 1 aromatic heterocycles. The Morgan fingerprint density at radius 3 is 2.23 bits per heavy atom. The van der Waals surface area contributed by atoms with Crippen molar-refractivity contribution in [3.8, 4) is 0 Å². The monoisotopic (exact) mass is 549 g/mol. The van der Waals surface area contributed by atoms with Gasteiger partial charge in [0.05, 0.1) is 12.2 Å². The first-order valence-electron chi connectivity index (χ1n) is 13.0. The zero-order valence-corrected chi connectivity index (χ0v) is 23.9. The van der Waals surface area contributed by atoms with Crippen LogP contribution in [-0.2, 0) is 13.9 Å². The van der Waals surface area contributed by atoms with E-state index in [9.17, 15) is 14.4 Å². The fourth-order valence-electron chi connectivity index (χ4n) is 3.91. The second-order valence-electron chi connectivity index (χ2n) is 11.1. The van der Waals surface area contributed by atoms with Crippen LogP contribution in [0.15, 0.2) is 77.7 Å². The normalized spacial score (nSPS) is 19.5. The number of aromatic nitrogens is 2. The third kappa shape index (κ3) is 6.89. The second-order valence-corrected chi connectivity index (χ2v) is 15.9. The molecule has 1 amide bonds. The van der Waals surface area contributed by atoms with Crippen molar-refractivity contribution in [1.82, 2.24) is 9.55 Å². The van der Waals surface area contributed by atoms with Gasteiger partial charge < -0.3 is 19.2 Å². The zero-order valence-electron chi connectivity index (χ0n) is 22.9. The SMILES string of the molecule is CC(C)(C)[Si](C)(C)OC[C@H]1O[C@@H](n2ccc(NC(=O)c3ccccc3)nc2=O)C[C@@H]1OC(=O)c1ccccc1.